The third kappa shape index (κ3) is 13.4. The number of hydrogen-bond donors (Lipinski definition) is 1. The highest BCUT2D eigenvalue weighted by Crippen LogP contribution is 2.04. The summed E-state index contributed by atoms with van der Waals surface area (Å²) in [6.07, 6.45) is 5.88. The molecule has 1 rings (SSSR count). The van der Waals surface area contributed by atoms with Gasteiger partial charge in [0.2, 0.25) is 0 Å². The maximum absolute atomic E-state index is 10.0. The molecule has 0 unspecified atom stereocenters. The van der Waals surface area contributed by atoms with E-state index in [0.29, 0.717) is 13.2 Å². The molecule has 1 aliphatic rings. The summed E-state index contributed by atoms with van der Waals surface area (Å²) in [5, 5.41) is 8.27. The van der Waals surface area contributed by atoms with Gasteiger partial charge in [-0.2, -0.15) is 0 Å². The van der Waals surface area contributed by atoms with E-state index in [0.717, 1.165) is 26.1 Å². The summed E-state index contributed by atoms with van der Waals surface area (Å²) in [7, 11) is 0. The molecule has 4 heteroatoms. The Balaban J connectivity index is 0.000000322. The van der Waals surface area contributed by atoms with E-state index in [4.69, 9.17) is 14.6 Å². The zero-order chi connectivity index (χ0) is 11.4. The minimum atomic E-state index is -0.670. The fourth-order valence-electron chi connectivity index (χ4n) is 1.17. The molecular formula is C11H22O4. The molecule has 0 aromatic rings. The second kappa shape index (κ2) is 11.5. The second-order valence-corrected chi connectivity index (χ2v) is 3.49. The lowest BCUT2D eigenvalue weighted by molar-refractivity contribution is -0.137. The van der Waals surface area contributed by atoms with Gasteiger partial charge in [0.05, 0.1) is 13.2 Å². The Bertz CT molecular complexity index is 136. The largest absolute Gasteiger partial charge is 0.481 e. The Morgan fingerprint density at radius 1 is 1.13 bits per heavy atom. The van der Waals surface area contributed by atoms with Crippen LogP contribution in [0.15, 0.2) is 0 Å². The first kappa shape index (κ1) is 14.4. The van der Waals surface area contributed by atoms with Crippen molar-refractivity contribution in [3.8, 4) is 0 Å². The topological polar surface area (TPSA) is 55.8 Å². The van der Waals surface area contributed by atoms with Gasteiger partial charge in [-0.25, -0.2) is 0 Å². The van der Waals surface area contributed by atoms with E-state index in [1.54, 1.807) is 0 Å². The van der Waals surface area contributed by atoms with Gasteiger partial charge in [0.1, 0.15) is 6.79 Å². The molecule has 1 heterocycles. The summed E-state index contributed by atoms with van der Waals surface area (Å²) < 4.78 is 9.44. The molecule has 0 spiro atoms. The van der Waals surface area contributed by atoms with Crippen LogP contribution < -0.4 is 0 Å². The van der Waals surface area contributed by atoms with Crippen LogP contribution in [0.3, 0.4) is 0 Å². The smallest absolute Gasteiger partial charge is 0.303 e. The minimum absolute atomic E-state index is 0.337. The first-order valence-corrected chi connectivity index (χ1v) is 5.64. The van der Waals surface area contributed by atoms with Gasteiger partial charge in [0.25, 0.3) is 0 Å². The van der Waals surface area contributed by atoms with Crippen LogP contribution in [0.25, 0.3) is 0 Å². The quantitative estimate of drug-likeness (QED) is 0.696. The Kier molecular flexibility index (Phi) is 11.0. The van der Waals surface area contributed by atoms with Crippen molar-refractivity contribution in [3.05, 3.63) is 0 Å². The van der Waals surface area contributed by atoms with Crippen molar-refractivity contribution in [1.29, 1.82) is 0 Å². The highest BCUT2D eigenvalue weighted by molar-refractivity contribution is 5.66. The molecule has 0 saturated carbocycles. The van der Waals surface area contributed by atoms with Gasteiger partial charge >= 0.3 is 5.97 Å². The number of carboxylic acids is 1. The first-order valence-electron chi connectivity index (χ1n) is 5.64. The molecule has 1 saturated heterocycles. The molecule has 1 N–H and O–H groups in total. The lowest BCUT2D eigenvalue weighted by Crippen LogP contribution is -1.93. The predicted molar refractivity (Wildman–Crippen MR) is 57.8 cm³/mol. The lowest BCUT2D eigenvalue weighted by atomic mass is 10.1. The van der Waals surface area contributed by atoms with Crippen molar-refractivity contribution in [2.45, 2.75) is 45.4 Å². The first-order chi connectivity index (χ1) is 7.27. The number of carboxylic acid groups (broad SMARTS) is 1. The van der Waals surface area contributed by atoms with Crippen LogP contribution in [0.1, 0.15) is 45.4 Å². The number of aliphatic carboxylic acids is 1. The molecule has 0 amide bonds. The van der Waals surface area contributed by atoms with E-state index in [-0.39, 0.29) is 0 Å². The summed E-state index contributed by atoms with van der Waals surface area (Å²) in [5.74, 6) is -0.670. The number of rotatable bonds is 6. The average molecular weight is 218 g/mol. The highest BCUT2D eigenvalue weighted by Gasteiger charge is 1.95. The Morgan fingerprint density at radius 2 is 1.73 bits per heavy atom. The predicted octanol–water partition coefficient (Wildman–Crippen LogP) is 2.42. The van der Waals surface area contributed by atoms with Gasteiger partial charge in [-0.05, 0) is 6.42 Å². The maximum atomic E-state index is 10.0. The van der Waals surface area contributed by atoms with Crippen LogP contribution in [0.2, 0.25) is 0 Å². The van der Waals surface area contributed by atoms with Crippen LogP contribution in [-0.4, -0.2) is 31.1 Å². The molecule has 90 valence electrons. The highest BCUT2D eigenvalue weighted by atomic mass is 16.7. The van der Waals surface area contributed by atoms with Crippen LogP contribution in [0.4, 0.5) is 0 Å². The fourth-order valence-corrected chi connectivity index (χ4v) is 1.17. The summed E-state index contributed by atoms with van der Waals surface area (Å²) in [6, 6.07) is 0. The van der Waals surface area contributed by atoms with Gasteiger partial charge in [-0.1, -0.05) is 32.6 Å². The van der Waals surface area contributed by atoms with Crippen molar-refractivity contribution >= 4 is 5.97 Å². The van der Waals surface area contributed by atoms with Crippen molar-refractivity contribution in [2.75, 3.05) is 20.0 Å². The van der Waals surface area contributed by atoms with E-state index < -0.39 is 5.97 Å². The van der Waals surface area contributed by atoms with Gasteiger partial charge in [-0.15, -0.1) is 0 Å². The molecule has 15 heavy (non-hydrogen) atoms. The van der Waals surface area contributed by atoms with Crippen LogP contribution in [-0.2, 0) is 14.3 Å². The maximum Gasteiger partial charge on any atom is 0.303 e. The van der Waals surface area contributed by atoms with Gasteiger partial charge in [-0.3, -0.25) is 4.79 Å². The summed E-state index contributed by atoms with van der Waals surface area (Å²) in [6.45, 7) is 4.21. The van der Waals surface area contributed by atoms with E-state index in [1.165, 1.54) is 19.3 Å². The SMILES string of the molecule is C1COCO1.CCCCCCCC(=O)O. The molecule has 1 aliphatic heterocycles. The molecule has 0 aliphatic carbocycles. The Morgan fingerprint density at radius 3 is 2.13 bits per heavy atom. The zero-order valence-electron chi connectivity index (χ0n) is 9.54. The third-order valence-corrected chi connectivity index (χ3v) is 2.03. The lowest BCUT2D eigenvalue weighted by Gasteiger charge is -1.95. The van der Waals surface area contributed by atoms with Crippen LogP contribution in [0.5, 0.6) is 0 Å². The normalized spacial score (nSPS) is 14.5. The molecule has 0 bridgehead atoms. The molecule has 0 aromatic heterocycles. The van der Waals surface area contributed by atoms with Crippen LogP contribution >= 0.6 is 0 Å². The van der Waals surface area contributed by atoms with E-state index in [9.17, 15) is 4.79 Å². The van der Waals surface area contributed by atoms with E-state index in [2.05, 4.69) is 6.92 Å². The van der Waals surface area contributed by atoms with Crippen LogP contribution in [0, 0.1) is 0 Å². The Hall–Kier alpha value is -0.610. The standard InChI is InChI=1S/C8H16O2.C3H6O2/c1-2-3-4-5-6-7-8(9)10;1-2-5-3-4-1/h2-7H2,1H3,(H,9,10);1-3H2. The van der Waals surface area contributed by atoms with Gasteiger partial charge in [0.15, 0.2) is 0 Å². The number of unbranched alkanes of at least 4 members (excludes halogenated alkanes) is 4. The van der Waals surface area contributed by atoms with Crippen molar-refractivity contribution in [1.82, 2.24) is 0 Å². The monoisotopic (exact) mass is 218 g/mol. The molecule has 0 atom stereocenters. The Labute approximate surface area is 91.6 Å². The van der Waals surface area contributed by atoms with Crippen molar-refractivity contribution in [2.24, 2.45) is 0 Å². The van der Waals surface area contributed by atoms with E-state index in [1.807, 2.05) is 0 Å². The zero-order valence-corrected chi connectivity index (χ0v) is 9.54. The number of hydrogen-bond acceptors (Lipinski definition) is 3. The van der Waals surface area contributed by atoms with Gasteiger partial charge < -0.3 is 14.6 Å². The molecular weight excluding hydrogens is 196 g/mol. The molecule has 1 fully saturated rings. The third-order valence-electron chi connectivity index (χ3n) is 2.03. The summed E-state index contributed by atoms with van der Waals surface area (Å²) in [5.41, 5.74) is 0. The summed E-state index contributed by atoms with van der Waals surface area (Å²) in [4.78, 5) is 10.0. The second-order valence-electron chi connectivity index (χ2n) is 3.49. The van der Waals surface area contributed by atoms with Crippen molar-refractivity contribution in [3.63, 3.8) is 0 Å². The molecule has 4 nitrogen and oxygen atoms in total. The van der Waals surface area contributed by atoms with Crippen molar-refractivity contribution < 1.29 is 19.4 Å². The number of ether oxygens (including phenoxy) is 2. The average Bonchev–Trinajstić information content (AvgIpc) is 2.75. The molecule has 0 radical (unpaired) electrons. The van der Waals surface area contributed by atoms with Gasteiger partial charge in [0, 0.05) is 6.42 Å². The fraction of sp³-hybridized carbons (Fsp3) is 0.909. The summed E-state index contributed by atoms with van der Waals surface area (Å²) >= 11 is 0. The van der Waals surface area contributed by atoms with E-state index >= 15 is 0 Å². The number of carbonyl (C=O) groups is 1. The molecule has 0 aromatic carbocycles. The minimum Gasteiger partial charge on any atom is -0.481 e.